The number of benzene rings is 2. The number of rotatable bonds is 5. The lowest BCUT2D eigenvalue weighted by Crippen LogP contribution is -2.21. The van der Waals surface area contributed by atoms with Gasteiger partial charge in [-0.15, -0.1) is 0 Å². The number of anilines is 1. The van der Waals surface area contributed by atoms with Crippen molar-refractivity contribution in [2.24, 2.45) is 0 Å². The van der Waals surface area contributed by atoms with Crippen molar-refractivity contribution in [2.45, 2.75) is 13.8 Å². The molecule has 2 aromatic carbocycles. The van der Waals surface area contributed by atoms with E-state index in [0.29, 0.717) is 11.6 Å². The number of nitrogens with zero attached hydrogens (tertiary/aromatic N) is 4. The molecular formula is C21H19N5O2. The third kappa shape index (κ3) is 3.42. The quantitative estimate of drug-likeness (QED) is 0.579. The average molecular weight is 373 g/mol. The number of hydrogen-bond acceptors (Lipinski definition) is 5. The second-order valence-electron chi connectivity index (χ2n) is 6.33. The zero-order valence-corrected chi connectivity index (χ0v) is 15.6. The SMILES string of the molecule is Cc1nn(-c2ccccc2)c(C)c1NC(=O)COc1ncnc2ccccc12. The number of ether oxygens (including phenoxy) is 1. The van der Waals surface area contributed by atoms with Gasteiger partial charge in [-0.05, 0) is 38.1 Å². The van der Waals surface area contributed by atoms with E-state index in [1.165, 1.54) is 6.33 Å². The first-order valence-corrected chi connectivity index (χ1v) is 8.87. The van der Waals surface area contributed by atoms with Crippen molar-refractivity contribution in [3.8, 4) is 11.6 Å². The molecule has 1 amide bonds. The molecule has 0 aliphatic rings. The molecule has 0 spiro atoms. The van der Waals surface area contributed by atoms with Gasteiger partial charge in [-0.2, -0.15) is 5.10 Å². The van der Waals surface area contributed by atoms with Crippen molar-refractivity contribution in [1.82, 2.24) is 19.7 Å². The van der Waals surface area contributed by atoms with Gasteiger partial charge in [0, 0.05) is 0 Å². The predicted molar refractivity (Wildman–Crippen MR) is 107 cm³/mol. The van der Waals surface area contributed by atoms with Crippen LogP contribution in [0.3, 0.4) is 0 Å². The Morgan fingerprint density at radius 3 is 2.61 bits per heavy atom. The third-order valence-electron chi connectivity index (χ3n) is 4.40. The Labute approximate surface area is 162 Å². The van der Waals surface area contributed by atoms with E-state index >= 15 is 0 Å². The van der Waals surface area contributed by atoms with Crippen LogP contribution in [0.5, 0.6) is 5.88 Å². The van der Waals surface area contributed by atoms with Gasteiger partial charge in [0.05, 0.1) is 33.7 Å². The minimum atomic E-state index is -0.276. The van der Waals surface area contributed by atoms with Crippen LogP contribution < -0.4 is 10.1 Å². The van der Waals surface area contributed by atoms with E-state index in [2.05, 4.69) is 20.4 Å². The summed E-state index contributed by atoms with van der Waals surface area (Å²) in [6.07, 6.45) is 1.42. The first-order valence-electron chi connectivity index (χ1n) is 8.87. The number of carbonyl (C=O) groups excluding carboxylic acids is 1. The van der Waals surface area contributed by atoms with Gasteiger partial charge in [-0.25, -0.2) is 14.6 Å². The average Bonchev–Trinajstić information content (AvgIpc) is 3.01. The van der Waals surface area contributed by atoms with Crippen LogP contribution in [0.2, 0.25) is 0 Å². The number of amides is 1. The van der Waals surface area contributed by atoms with Crippen LogP contribution in [0.15, 0.2) is 60.9 Å². The standard InChI is InChI=1S/C21H19N5O2/c1-14-20(15(2)26(25-14)16-8-4-3-5-9-16)24-19(27)12-28-21-17-10-6-7-11-18(17)22-13-23-21/h3-11,13H,12H2,1-2H3,(H,24,27). The maximum atomic E-state index is 12.5. The van der Waals surface area contributed by atoms with Crippen LogP contribution in [0.1, 0.15) is 11.4 Å². The number of fused-ring (bicyclic) bond motifs is 1. The molecule has 0 aliphatic heterocycles. The molecule has 0 saturated heterocycles. The van der Waals surface area contributed by atoms with Gasteiger partial charge in [-0.1, -0.05) is 30.3 Å². The summed E-state index contributed by atoms with van der Waals surface area (Å²) in [5.74, 6) is 0.107. The molecule has 7 heteroatoms. The molecule has 7 nitrogen and oxygen atoms in total. The monoisotopic (exact) mass is 373 g/mol. The van der Waals surface area contributed by atoms with E-state index in [1.807, 2.05) is 73.1 Å². The van der Waals surface area contributed by atoms with Crippen molar-refractivity contribution in [3.05, 3.63) is 72.3 Å². The number of aromatic nitrogens is 4. The summed E-state index contributed by atoms with van der Waals surface area (Å²) >= 11 is 0. The Morgan fingerprint density at radius 1 is 1.04 bits per heavy atom. The maximum absolute atomic E-state index is 12.5. The highest BCUT2D eigenvalue weighted by atomic mass is 16.5. The smallest absolute Gasteiger partial charge is 0.262 e. The van der Waals surface area contributed by atoms with E-state index in [-0.39, 0.29) is 12.5 Å². The summed E-state index contributed by atoms with van der Waals surface area (Å²) in [5.41, 5.74) is 3.98. The van der Waals surface area contributed by atoms with Crippen molar-refractivity contribution in [3.63, 3.8) is 0 Å². The zero-order valence-electron chi connectivity index (χ0n) is 15.6. The summed E-state index contributed by atoms with van der Waals surface area (Å²) in [5, 5.41) is 8.20. The van der Waals surface area contributed by atoms with E-state index < -0.39 is 0 Å². The first-order chi connectivity index (χ1) is 13.6. The van der Waals surface area contributed by atoms with Crippen molar-refractivity contribution < 1.29 is 9.53 Å². The molecule has 0 unspecified atom stereocenters. The number of aryl methyl sites for hydroxylation is 1. The highest BCUT2D eigenvalue weighted by molar-refractivity contribution is 5.93. The van der Waals surface area contributed by atoms with Gasteiger partial charge >= 0.3 is 0 Å². The van der Waals surface area contributed by atoms with Crippen LogP contribution in [-0.2, 0) is 4.79 Å². The molecule has 0 saturated carbocycles. The molecule has 0 fully saturated rings. The summed E-state index contributed by atoms with van der Waals surface area (Å²) in [4.78, 5) is 20.8. The van der Waals surface area contributed by atoms with Gasteiger partial charge in [0.15, 0.2) is 6.61 Å². The summed E-state index contributed by atoms with van der Waals surface area (Å²) in [7, 11) is 0. The Bertz CT molecular complexity index is 1130. The van der Waals surface area contributed by atoms with Crippen molar-refractivity contribution in [2.75, 3.05) is 11.9 Å². The number of hydrogen-bond donors (Lipinski definition) is 1. The maximum Gasteiger partial charge on any atom is 0.262 e. The van der Waals surface area contributed by atoms with Gasteiger partial charge in [0.2, 0.25) is 5.88 Å². The summed E-state index contributed by atoms with van der Waals surface area (Å²) in [6, 6.07) is 17.3. The Morgan fingerprint density at radius 2 is 1.79 bits per heavy atom. The Hall–Kier alpha value is -3.74. The highest BCUT2D eigenvalue weighted by Gasteiger charge is 2.16. The fourth-order valence-corrected chi connectivity index (χ4v) is 3.05. The molecule has 0 aliphatic carbocycles. The van der Waals surface area contributed by atoms with Gasteiger partial charge < -0.3 is 10.1 Å². The van der Waals surface area contributed by atoms with Crippen molar-refractivity contribution in [1.29, 1.82) is 0 Å². The van der Waals surface area contributed by atoms with Gasteiger partial charge in [0.1, 0.15) is 6.33 Å². The van der Waals surface area contributed by atoms with Crippen LogP contribution in [0, 0.1) is 13.8 Å². The lowest BCUT2D eigenvalue weighted by molar-refractivity contribution is -0.118. The van der Waals surface area contributed by atoms with E-state index in [9.17, 15) is 4.79 Å². The number of para-hydroxylation sites is 2. The number of carbonyl (C=O) groups is 1. The molecule has 0 atom stereocenters. The third-order valence-corrected chi connectivity index (χ3v) is 4.40. The lowest BCUT2D eigenvalue weighted by atomic mass is 10.2. The van der Waals surface area contributed by atoms with Crippen LogP contribution >= 0.6 is 0 Å². The Kier molecular flexibility index (Phi) is 4.72. The Balaban J connectivity index is 1.49. The van der Waals surface area contributed by atoms with Crippen LogP contribution in [0.25, 0.3) is 16.6 Å². The second-order valence-corrected chi connectivity index (χ2v) is 6.33. The molecule has 140 valence electrons. The topological polar surface area (TPSA) is 81.9 Å². The largest absolute Gasteiger partial charge is 0.467 e. The molecule has 2 aromatic heterocycles. The van der Waals surface area contributed by atoms with Crippen molar-refractivity contribution >= 4 is 22.5 Å². The molecule has 2 heterocycles. The second kappa shape index (κ2) is 7.48. The molecule has 4 rings (SSSR count). The molecule has 1 N–H and O–H groups in total. The highest BCUT2D eigenvalue weighted by Crippen LogP contribution is 2.23. The van der Waals surface area contributed by atoms with E-state index in [0.717, 1.165) is 28.0 Å². The summed E-state index contributed by atoms with van der Waals surface area (Å²) < 4.78 is 7.44. The fraction of sp³-hybridized carbons (Fsp3) is 0.143. The zero-order chi connectivity index (χ0) is 19.5. The summed E-state index contributed by atoms with van der Waals surface area (Å²) in [6.45, 7) is 3.62. The molecule has 0 bridgehead atoms. The van der Waals surface area contributed by atoms with Gasteiger partial charge in [0.25, 0.3) is 5.91 Å². The predicted octanol–water partition coefficient (Wildman–Crippen LogP) is 3.45. The lowest BCUT2D eigenvalue weighted by Gasteiger charge is -2.09. The van der Waals surface area contributed by atoms with Crippen LogP contribution in [-0.4, -0.2) is 32.3 Å². The minimum absolute atomic E-state index is 0.156. The van der Waals surface area contributed by atoms with E-state index in [4.69, 9.17) is 4.74 Å². The molecule has 0 radical (unpaired) electrons. The van der Waals surface area contributed by atoms with Crippen LogP contribution in [0.4, 0.5) is 5.69 Å². The molecule has 4 aromatic rings. The first kappa shape index (κ1) is 17.7. The van der Waals surface area contributed by atoms with E-state index in [1.54, 1.807) is 0 Å². The normalized spacial score (nSPS) is 10.8. The fourth-order valence-electron chi connectivity index (χ4n) is 3.05. The minimum Gasteiger partial charge on any atom is -0.467 e. The van der Waals surface area contributed by atoms with Gasteiger partial charge in [-0.3, -0.25) is 4.79 Å². The number of nitrogens with one attached hydrogen (secondary N) is 1. The molecule has 28 heavy (non-hydrogen) atoms. The molecular weight excluding hydrogens is 354 g/mol.